The summed E-state index contributed by atoms with van der Waals surface area (Å²) in [7, 11) is 3.69. The number of rotatable bonds is 3. The second-order valence-corrected chi connectivity index (χ2v) is 9.17. The monoisotopic (exact) mass is 427 g/mol. The van der Waals surface area contributed by atoms with Gasteiger partial charge in [0, 0.05) is 57.0 Å². The van der Waals surface area contributed by atoms with Crippen LogP contribution >= 0.6 is 0 Å². The lowest BCUT2D eigenvalue weighted by molar-refractivity contribution is 0.251. The largest absolute Gasteiger partial charge is 0.388 e. The number of nitrogens with one attached hydrogen (secondary N) is 1. The number of anilines is 3. The number of para-hydroxylation sites is 1. The van der Waals surface area contributed by atoms with Crippen molar-refractivity contribution in [3.63, 3.8) is 0 Å². The zero-order valence-electron chi connectivity index (χ0n) is 18.8. The number of nitrogens with zero attached hydrogens (tertiary/aromatic N) is 4. The maximum absolute atomic E-state index is 12.9. The van der Waals surface area contributed by atoms with Crippen LogP contribution in [-0.2, 0) is 7.05 Å². The molecule has 1 aromatic heterocycles. The smallest absolute Gasteiger partial charge is 0.270 e. The number of aromatic nitrogens is 1. The molecule has 0 atom stereocenters. The molecule has 32 heavy (non-hydrogen) atoms. The van der Waals surface area contributed by atoms with E-state index >= 15 is 0 Å². The Balaban J connectivity index is 1.39. The molecule has 0 aliphatic carbocycles. The fourth-order valence-electron chi connectivity index (χ4n) is 5.52. The fourth-order valence-corrected chi connectivity index (χ4v) is 5.52. The first-order valence-electron chi connectivity index (χ1n) is 11.3. The highest BCUT2D eigenvalue weighted by atomic mass is 16.1. The molecule has 0 bridgehead atoms. The van der Waals surface area contributed by atoms with E-state index in [1.54, 1.807) is 11.6 Å². The molecule has 2 aliphatic heterocycles. The van der Waals surface area contributed by atoms with E-state index in [0.717, 1.165) is 61.3 Å². The molecule has 2 fully saturated rings. The minimum absolute atomic E-state index is 0.210. The predicted octanol–water partition coefficient (Wildman–Crippen LogP) is 3.95. The first-order chi connectivity index (χ1) is 15.5. The van der Waals surface area contributed by atoms with Crippen molar-refractivity contribution in [2.75, 3.05) is 48.3 Å². The van der Waals surface area contributed by atoms with Gasteiger partial charge in [-0.2, -0.15) is 5.26 Å². The molecule has 0 unspecified atom stereocenters. The van der Waals surface area contributed by atoms with Crippen LogP contribution in [-0.4, -0.2) is 37.8 Å². The summed E-state index contributed by atoms with van der Waals surface area (Å²) >= 11 is 0. The third-order valence-electron chi connectivity index (χ3n) is 7.49. The lowest BCUT2D eigenvalue weighted by atomic mass is 9.77. The van der Waals surface area contributed by atoms with E-state index < -0.39 is 0 Å². The molecule has 3 heterocycles. The molecule has 0 radical (unpaired) electrons. The molecular weight excluding hydrogens is 398 g/mol. The summed E-state index contributed by atoms with van der Waals surface area (Å²) in [6.45, 7) is 3.90. The summed E-state index contributed by atoms with van der Waals surface area (Å²) in [5.74, 6) is 0. The zero-order chi connectivity index (χ0) is 22.3. The molecule has 5 rings (SSSR count). The van der Waals surface area contributed by atoms with Crippen molar-refractivity contribution in [1.29, 1.82) is 5.26 Å². The van der Waals surface area contributed by atoms with Gasteiger partial charge in [-0.15, -0.1) is 0 Å². The number of pyridine rings is 1. The number of benzene rings is 2. The summed E-state index contributed by atoms with van der Waals surface area (Å²) in [6.07, 6.45) is 3.34. The van der Waals surface area contributed by atoms with Crippen molar-refractivity contribution in [2.24, 2.45) is 12.5 Å². The molecule has 6 nitrogen and oxygen atoms in total. The van der Waals surface area contributed by atoms with E-state index in [9.17, 15) is 10.1 Å². The lowest BCUT2D eigenvalue weighted by Crippen LogP contribution is -2.42. The van der Waals surface area contributed by atoms with Gasteiger partial charge >= 0.3 is 0 Å². The minimum atomic E-state index is -0.210. The minimum Gasteiger partial charge on any atom is -0.388 e. The Morgan fingerprint density at radius 3 is 2.28 bits per heavy atom. The predicted molar refractivity (Wildman–Crippen MR) is 131 cm³/mol. The average Bonchev–Trinajstić information content (AvgIpc) is 3.25. The highest BCUT2D eigenvalue weighted by Gasteiger charge is 2.41. The zero-order valence-corrected chi connectivity index (χ0v) is 18.8. The van der Waals surface area contributed by atoms with Gasteiger partial charge in [0.2, 0.25) is 0 Å². The standard InChI is InChI=1S/C26H29N5O/c1-28-19-7-9-20(10-8-19)31-16-13-26(18-31)11-14-30(15-12-26)24-21-5-3-4-6-23(21)29(2)25(32)22(24)17-27/h3-10,28H,11-16,18H2,1-2H3. The van der Waals surface area contributed by atoms with Crippen LogP contribution in [0.3, 0.4) is 0 Å². The maximum Gasteiger partial charge on any atom is 0.270 e. The van der Waals surface area contributed by atoms with Gasteiger partial charge in [-0.1, -0.05) is 18.2 Å². The van der Waals surface area contributed by atoms with Crippen molar-refractivity contribution < 1.29 is 0 Å². The molecule has 2 aromatic carbocycles. The highest BCUT2D eigenvalue weighted by Crippen LogP contribution is 2.43. The molecule has 1 spiro atoms. The third-order valence-corrected chi connectivity index (χ3v) is 7.49. The Hall–Kier alpha value is -3.46. The molecule has 2 aliphatic rings. The number of nitriles is 1. The SMILES string of the molecule is CNc1ccc(N2CCC3(CCN(c4c(C#N)c(=O)n(C)c5ccccc45)CC3)C2)cc1. The van der Waals surface area contributed by atoms with E-state index in [0.29, 0.717) is 5.41 Å². The summed E-state index contributed by atoms with van der Waals surface area (Å²) in [6, 6.07) is 18.8. The van der Waals surface area contributed by atoms with Gasteiger partial charge in [0.1, 0.15) is 11.6 Å². The van der Waals surface area contributed by atoms with E-state index in [2.05, 4.69) is 45.5 Å². The lowest BCUT2D eigenvalue weighted by Gasteiger charge is -2.41. The topological polar surface area (TPSA) is 64.3 Å². The molecule has 0 amide bonds. The molecule has 3 aromatic rings. The second kappa shape index (κ2) is 7.90. The van der Waals surface area contributed by atoms with Crippen molar-refractivity contribution >= 4 is 28.0 Å². The number of aryl methyl sites for hydroxylation is 1. The summed E-state index contributed by atoms with van der Waals surface area (Å²) in [5, 5.41) is 14.0. The normalized spacial score (nSPS) is 17.7. The van der Waals surface area contributed by atoms with Crippen LogP contribution < -0.4 is 20.7 Å². The van der Waals surface area contributed by atoms with Crippen LogP contribution in [0.1, 0.15) is 24.8 Å². The number of piperidine rings is 1. The third kappa shape index (κ3) is 3.29. The van der Waals surface area contributed by atoms with Crippen LogP contribution in [0.15, 0.2) is 53.3 Å². The van der Waals surface area contributed by atoms with Crippen molar-refractivity contribution in [1.82, 2.24) is 4.57 Å². The van der Waals surface area contributed by atoms with Crippen molar-refractivity contribution in [2.45, 2.75) is 19.3 Å². The Kier molecular flexibility index (Phi) is 5.05. The van der Waals surface area contributed by atoms with Gasteiger partial charge in [-0.25, -0.2) is 0 Å². The molecule has 0 saturated carbocycles. The Morgan fingerprint density at radius 2 is 1.62 bits per heavy atom. The van der Waals surface area contributed by atoms with Crippen LogP contribution in [0, 0.1) is 16.7 Å². The molecule has 164 valence electrons. The van der Waals surface area contributed by atoms with Gasteiger partial charge in [-0.05, 0) is 55.0 Å². The number of fused-ring (bicyclic) bond motifs is 1. The quantitative estimate of drug-likeness (QED) is 0.686. The second-order valence-electron chi connectivity index (χ2n) is 9.17. The molecule has 2 saturated heterocycles. The first kappa shape index (κ1) is 20.4. The number of hydrogen-bond acceptors (Lipinski definition) is 5. The summed E-state index contributed by atoms with van der Waals surface area (Å²) < 4.78 is 1.59. The number of hydrogen-bond donors (Lipinski definition) is 1. The fraction of sp³-hybridized carbons (Fsp3) is 0.385. The van der Waals surface area contributed by atoms with Gasteiger partial charge in [-0.3, -0.25) is 4.79 Å². The van der Waals surface area contributed by atoms with E-state index in [1.807, 2.05) is 31.3 Å². The Bertz CT molecular complexity index is 1250. The van der Waals surface area contributed by atoms with E-state index in [4.69, 9.17) is 0 Å². The van der Waals surface area contributed by atoms with Crippen LogP contribution in [0.4, 0.5) is 17.1 Å². The van der Waals surface area contributed by atoms with Gasteiger partial charge in [0.15, 0.2) is 0 Å². The van der Waals surface area contributed by atoms with Crippen LogP contribution in [0.2, 0.25) is 0 Å². The highest BCUT2D eigenvalue weighted by molar-refractivity contribution is 5.95. The van der Waals surface area contributed by atoms with Gasteiger partial charge < -0.3 is 19.7 Å². The molecule has 6 heteroatoms. The first-order valence-corrected chi connectivity index (χ1v) is 11.3. The Labute approximate surface area is 188 Å². The average molecular weight is 428 g/mol. The van der Waals surface area contributed by atoms with Crippen molar-refractivity contribution in [3.05, 3.63) is 64.4 Å². The molecule has 1 N–H and O–H groups in total. The maximum atomic E-state index is 12.9. The molecular formula is C26H29N5O. The van der Waals surface area contributed by atoms with Gasteiger partial charge in [0.05, 0.1) is 11.2 Å². The van der Waals surface area contributed by atoms with Crippen LogP contribution in [0.25, 0.3) is 10.9 Å². The summed E-state index contributed by atoms with van der Waals surface area (Å²) in [4.78, 5) is 17.7. The van der Waals surface area contributed by atoms with Gasteiger partial charge in [0.25, 0.3) is 5.56 Å². The Morgan fingerprint density at radius 1 is 0.969 bits per heavy atom. The van der Waals surface area contributed by atoms with Crippen LogP contribution in [0.5, 0.6) is 0 Å². The van der Waals surface area contributed by atoms with E-state index in [1.165, 1.54) is 12.1 Å². The summed E-state index contributed by atoms with van der Waals surface area (Å²) in [5.41, 5.74) is 4.47. The van der Waals surface area contributed by atoms with Crippen molar-refractivity contribution in [3.8, 4) is 6.07 Å². The van der Waals surface area contributed by atoms with E-state index in [-0.39, 0.29) is 11.1 Å².